The Morgan fingerprint density at radius 2 is 2.06 bits per heavy atom. The Bertz CT molecular complexity index is 403. The lowest BCUT2D eigenvalue weighted by Gasteiger charge is -2.17. The van der Waals surface area contributed by atoms with E-state index in [0.29, 0.717) is 0 Å². The molecule has 3 nitrogen and oxygen atoms in total. The molecule has 1 aliphatic heterocycles. The van der Waals surface area contributed by atoms with Gasteiger partial charge < -0.3 is 4.90 Å². The van der Waals surface area contributed by atoms with E-state index in [9.17, 15) is 4.79 Å². The molecule has 0 radical (unpaired) electrons. The number of aromatic nitrogens is 1. The van der Waals surface area contributed by atoms with Gasteiger partial charge in [-0.1, -0.05) is 12.8 Å². The second kappa shape index (κ2) is 5.96. The van der Waals surface area contributed by atoms with Crippen molar-refractivity contribution in [2.24, 2.45) is 0 Å². The summed E-state index contributed by atoms with van der Waals surface area (Å²) in [5.74, 6) is 0.123. The van der Waals surface area contributed by atoms with E-state index in [4.69, 9.17) is 0 Å². The van der Waals surface area contributed by atoms with E-state index in [1.54, 1.807) is 17.4 Å². The van der Waals surface area contributed by atoms with Crippen molar-refractivity contribution in [2.75, 3.05) is 13.1 Å². The summed E-state index contributed by atoms with van der Waals surface area (Å²) >= 11 is 1.61. The Morgan fingerprint density at radius 1 is 1.35 bits per heavy atom. The van der Waals surface area contributed by atoms with Crippen LogP contribution in [0.2, 0.25) is 0 Å². The third-order valence-electron chi connectivity index (χ3n) is 2.95. The Morgan fingerprint density at radius 3 is 2.65 bits per heavy atom. The van der Waals surface area contributed by atoms with Crippen LogP contribution in [-0.2, 0) is 4.79 Å². The summed E-state index contributed by atoms with van der Waals surface area (Å²) in [6, 6.07) is 0. The van der Waals surface area contributed by atoms with Crippen LogP contribution in [0.1, 0.15) is 36.4 Å². The van der Waals surface area contributed by atoms with Crippen LogP contribution in [0.5, 0.6) is 0 Å². The van der Waals surface area contributed by atoms with Gasteiger partial charge in [0.25, 0.3) is 0 Å². The molecule has 0 aliphatic carbocycles. The van der Waals surface area contributed by atoms with Gasteiger partial charge in [0.2, 0.25) is 5.91 Å². The molecule has 0 atom stereocenters. The van der Waals surface area contributed by atoms with Gasteiger partial charge >= 0.3 is 0 Å². The van der Waals surface area contributed by atoms with Crippen molar-refractivity contribution in [2.45, 2.75) is 32.6 Å². The molecule has 2 heterocycles. The molecule has 17 heavy (non-hydrogen) atoms. The minimum Gasteiger partial charge on any atom is -0.339 e. The van der Waals surface area contributed by atoms with Gasteiger partial charge in [-0.05, 0) is 25.8 Å². The predicted molar refractivity (Wildman–Crippen MR) is 70.9 cm³/mol. The molecule has 1 amide bonds. The molecular weight excluding hydrogens is 232 g/mol. The summed E-state index contributed by atoms with van der Waals surface area (Å²) in [5, 5.41) is 3.01. The van der Waals surface area contributed by atoms with Crippen molar-refractivity contribution in [3.63, 3.8) is 0 Å². The van der Waals surface area contributed by atoms with E-state index in [1.165, 1.54) is 12.8 Å². The van der Waals surface area contributed by atoms with Crippen LogP contribution in [0.4, 0.5) is 0 Å². The number of rotatable bonds is 2. The third-order valence-corrected chi connectivity index (χ3v) is 3.74. The van der Waals surface area contributed by atoms with Crippen molar-refractivity contribution in [3.05, 3.63) is 22.2 Å². The molecule has 0 unspecified atom stereocenters. The number of carbonyl (C=O) groups is 1. The summed E-state index contributed by atoms with van der Waals surface area (Å²) in [5.41, 5.74) is 0.885. The molecule has 1 fully saturated rings. The average molecular weight is 250 g/mol. The quantitative estimate of drug-likeness (QED) is 0.756. The molecule has 1 aromatic heterocycles. The maximum absolute atomic E-state index is 11.9. The number of carbonyl (C=O) groups excluding carboxylic acids is 1. The lowest BCUT2D eigenvalue weighted by Crippen LogP contribution is -2.30. The fourth-order valence-electron chi connectivity index (χ4n) is 2.01. The number of nitrogens with zero attached hydrogens (tertiary/aromatic N) is 2. The monoisotopic (exact) mass is 250 g/mol. The Labute approximate surface area is 106 Å². The fourth-order valence-corrected chi connectivity index (χ4v) is 2.59. The minimum absolute atomic E-state index is 0.123. The lowest BCUT2D eigenvalue weighted by atomic mass is 10.2. The first-order chi connectivity index (χ1) is 8.25. The van der Waals surface area contributed by atoms with Crippen LogP contribution in [-0.4, -0.2) is 28.9 Å². The second-order valence-corrected chi connectivity index (χ2v) is 5.43. The molecule has 1 aromatic rings. The number of hydrogen-bond donors (Lipinski definition) is 0. The van der Waals surface area contributed by atoms with Crippen molar-refractivity contribution >= 4 is 23.3 Å². The number of likely N-dealkylation sites (tertiary alicyclic amines) is 1. The normalized spacial score (nSPS) is 17.4. The van der Waals surface area contributed by atoms with E-state index in [2.05, 4.69) is 4.98 Å². The highest BCUT2D eigenvalue weighted by atomic mass is 32.1. The first kappa shape index (κ1) is 12.3. The van der Waals surface area contributed by atoms with Crippen molar-refractivity contribution in [1.29, 1.82) is 0 Å². The number of amides is 1. The van der Waals surface area contributed by atoms with Gasteiger partial charge in [-0.25, -0.2) is 4.98 Å². The van der Waals surface area contributed by atoms with Crippen LogP contribution in [0.3, 0.4) is 0 Å². The average Bonchev–Trinajstić information content (AvgIpc) is 2.58. The number of thiazole rings is 1. The molecule has 0 saturated carbocycles. The van der Waals surface area contributed by atoms with E-state index < -0.39 is 0 Å². The van der Waals surface area contributed by atoms with E-state index >= 15 is 0 Å². The first-order valence-electron chi connectivity index (χ1n) is 6.15. The van der Waals surface area contributed by atoms with Crippen LogP contribution >= 0.6 is 11.3 Å². The topological polar surface area (TPSA) is 33.2 Å². The van der Waals surface area contributed by atoms with E-state index in [-0.39, 0.29) is 5.91 Å². The number of aryl methyl sites for hydroxylation is 1. The van der Waals surface area contributed by atoms with Crippen LogP contribution in [0, 0.1) is 6.92 Å². The van der Waals surface area contributed by atoms with Crippen molar-refractivity contribution in [1.82, 2.24) is 9.88 Å². The molecule has 0 aromatic carbocycles. The highest BCUT2D eigenvalue weighted by Crippen LogP contribution is 2.12. The lowest BCUT2D eigenvalue weighted by molar-refractivity contribution is -0.125. The predicted octanol–water partition coefficient (Wildman–Crippen LogP) is 2.87. The fraction of sp³-hybridized carbons (Fsp3) is 0.538. The summed E-state index contributed by atoms with van der Waals surface area (Å²) in [6.45, 7) is 3.77. The SMILES string of the molecule is Cc1nc(/C=C\C(=O)N2CCCCCC2)cs1. The second-order valence-electron chi connectivity index (χ2n) is 4.36. The molecule has 0 spiro atoms. The van der Waals surface area contributed by atoms with Gasteiger partial charge in [0.05, 0.1) is 10.7 Å². The molecular formula is C13H18N2OS. The van der Waals surface area contributed by atoms with Crippen molar-refractivity contribution in [3.8, 4) is 0 Å². The van der Waals surface area contributed by atoms with Gasteiger partial charge in [0, 0.05) is 24.5 Å². The first-order valence-corrected chi connectivity index (χ1v) is 7.03. The summed E-state index contributed by atoms with van der Waals surface area (Å²) in [6.07, 6.45) is 8.23. The Kier molecular flexibility index (Phi) is 4.31. The summed E-state index contributed by atoms with van der Waals surface area (Å²) in [7, 11) is 0. The van der Waals surface area contributed by atoms with Gasteiger partial charge in [-0.3, -0.25) is 4.79 Å². The maximum Gasteiger partial charge on any atom is 0.246 e. The molecule has 1 saturated heterocycles. The molecule has 0 bridgehead atoms. The maximum atomic E-state index is 11.9. The van der Waals surface area contributed by atoms with Gasteiger partial charge in [0.1, 0.15) is 0 Å². The standard InChI is InChI=1S/C13H18N2OS/c1-11-14-12(10-17-11)6-7-13(16)15-8-4-2-3-5-9-15/h6-7,10H,2-5,8-9H2,1H3/b7-6-. The molecule has 1 aliphatic rings. The van der Waals surface area contributed by atoms with Crippen LogP contribution < -0.4 is 0 Å². The van der Waals surface area contributed by atoms with E-state index in [0.717, 1.165) is 36.6 Å². The molecule has 0 N–H and O–H groups in total. The zero-order valence-electron chi connectivity index (χ0n) is 10.2. The smallest absolute Gasteiger partial charge is 0.246 e. The Hall–Kier alpha value is -1.16. The Balaban J connectivity index is 1.93. The van der Waals surface area contributed by atoms with Gasteiger partial charge in [-0.2, -0.15) is 0 Å². The van der Waals surface area contributed by atoms with Crippen molar-refractivity contribution < 1.29 is 4.79 Å². The van der Waals surface area contributed by atoms with Gasteiger partial charge in [0.15, 0.2) is 0 Å². The number of hydrogen-bond acceptors (Lipinski definition) is 3. The summed E-state index contributed by atoms with van der Waals surface area (Å²) < 4.78 is 0. The zero-order chi connectivity index (χ0) is 12.1. The van der Waals surface area contributed by atoms with Crippen LogP contribution in [0.15, 0.2) is 11.5 Å². The minimum atomic E-state index is 0.123. The zero-order valence-corrected chi connectivity index (χ0v) is 11.0. The highest BCUT2D eigenvalue weighted by molar-refractivity contribution is 7.09. The molecule has 4 heteroatoms. The third kappa shape index (κ3) is 3.66. The molecule has 2 rings (SSSR count). The van der Waals surface area contributed by atoms with Crippen LogP contribution in [0.25, 0.3) is 6.08 Å². The highest BCUT2D eigenvalue weighted by Gasteiger charge is 2.12. The van der Waals surface area contributed by atoms with E-state index in [1.807, 2.05) is 23.3 Å². The largest absolute Gasteiger partial charge is 0.339 e. The van der Waals surface area contributed by atoms with Gasteiger partial charge in [-0.15, -0.1) is 11.3 Å². The molecule has 92 valence electrons. The summed E-state index contributed by atoms with van der Waals surface area (Å²) in [4.78, 5) is 18.2.